The van der Waals surface area contributed by atoms with E-state index in [2.05, 4.69) is 14.7 Å². The summed E-state index contributed by atoms with van der Waals surface area (Å²) < 4.78 is 4.24. The van der Waals surface area contributed by atoms with Crippen LogP contribution in [0.1, 0.15) is 34.2 Å². The highest BCUT2D eigenvalue weighted by Gasteiger charge is 2.27. The van der Waals surface area contributed by atoms with Crippen LogP contribution in [0.3, 0.4) is 0 Å². The van der Waals surface area contributed by atoms with Gasteiger partial charge in [0, 0.05) is 29.0 Å². The zero-order valence-electron chi connectivity index (χ0n) is 16.7. The number of carbonyl (C=O) groups excluding carboxylic acids is 2. The Labute approximate surface area is 173 Å². The number of carbonyl (C=O) groups is 2. The van der Waals surface area contributed by atoms with E-state index in [1.165, 1.54) is 11.5 Å². The Hall–Kier alpha value is -3.06. The van der Waals surface area contributed by atoms with Gasteiger partial charge in [0.25, 0.3) is 0 Å². The number of Topliss-reactive ketones (excluding diaryl/α,β-unsaturated/α-hetero) is 1. The lowest BCUT2D eigenvalue weighted by molar-refractivity contribution is -0.116. The molecule has 0 aliphatic carbocycles. The van der Waals surface area contributed by atoms with Crippen LogP contribution in [0.5, 0.6) is 0 Å². The number of aryl methyl sites for hydroxylation is 2. The third kappa shape index (κ3) is 3.78. The van der Waals surface area contributed by atoms with Crippen LogP contribution in [0.2, 0.25) is 0 Å². The van der Waals surface area contributed by atoms with Crippen molar-refractivity contribution in [2.75, 3.05) is 23.3 Å². The average Bonchev–Trinajstić information content (AvgIpc) is 3.33. The van der Waals surface area contributed by atoms with Crippen molar-refractivity contribution in [2.24, 2.45) is 0 Å². The van der Waals surface area contributed by atoms with Crippen molar-refractivity contribution in [1.82, 2.24) is 9.36 Å². The molecule has 0 fully saturated rings. The first kappa shape index (κ1) is 19.3. The molecule has 7 heteroatoms. The Bertz CT molecular complexity index is 1110. The summed E-state index contributed by atoms with van der Waals surface area (Å²) in [5, 5.41) is 4.14. The van der Waals surface area contributed by atoms with Crippen molar-refractivity contribution in [1.29, 1.82) is 0 Å². The lowest BCUT2D eigenvalue weighted by atomic mass is 10.0. The third-order valence-electron chi connectivity index (χ3n) is 5.15. The number of hydrogen-bond donors (Lipinski definition) is 1. The monoisotopic (exact) mass is 406 g/mol. The average molecular weight is 407 g/mol. The molecule has 4 rings (SSSR count). The molecule has 3 aromatic rings. The maximum Gasteiger partial charge on any atom is 0.246 e. The highest BCUT2D eigenvalue weighted by atomic mass is 32.1. The second-order valence-corrected chi connectivity index (χ2v) is 7.94. The van der Waals surface area contributed by atoms with E-state index in [0.717, 1.165) is 38.9 Å². The van der Waals surface area contributed by atoms with E-state index in [1.807, 2.05) is 50.2 Å². The van der Waals surface area contributed by atoms with Gasteiger partial charge in [0.2, 0.25) is 5.91 Å². The standard InChI is InChI=1S/C22H22N4O2S/c1-13-7-8-16(22-24-15(3)25-29-22)11-19(13)23-12-21(28)26-10-9-18-17(14(2)27)5-4-6-20(18)26/h4-8,11,23H,9-10,12H2,1-3H3. The predicted molar refractivity (Wildman–Crippen MR) is 116 cm³/mol. The van der Waals surface area contributed by atoms with Gasteiger partial charge in [-0.05, 0) is 62.0 Å². The number of fused-ring (bicyclic) bond motifs is 1. The summed E-state index contributed by atoms with van der Waals surface area (Å²) in [5.74, 6) is 0.780. The highest BCUT2D eigenvalue weighted by Crippen LogP contribution is 2.31. The molecule has 1 amide bonds. The molecule has 148 valence electrons. The van der Waals surface area contributed by atoms with Crippen molar-refractivity contribution < 1.29 is 9.59 Å². The predicted octanol–water partition coefficient (Wildman–Crippen LogP) is 4.03. The highest BCUT2D eigenvalue weighted by molar-refractivity contribution is 7.09. The van der Waals surface area contributed by atoms with Gasteiger partial charge < -0.3 is 10.2 Å². The third-order valence-corrected chi connectivity index (χ3v) is 6.01. The molecule has 29 heavy (non-hydrogen) atoms. The molecule has 0 atom stereocenters. The van der Waals surface area contributed by atoms with Crippen LogP contribution in [-0.2, 0) is 11.2 Å². The van der Waals surface area contributed by atoms with E-state index in [4.69, 9.17) is 0 Å². The van der Waals surface area contributed by atoms with Gasteiger partial charge >= 0.3 is 0 Å². The fourth-order valence-electron chi connectivity index (χ4n) is 3.65. The number of benzene rings is 2. The van der Waals surface area contributed by atoms with Crippen molar-refractivity contribution in [3.8, 4) is 10.6 Å². The van der Waals surface area contributed by atoms with E-state index in [9.17, 15) is 9.59 Å². The molecule has 1 aliphatic rings. The summed E-state index contributed by atoms with van der Waals surface area (Å²) in [6, 6.07) is 11.6. The van der Waals surface area contributed by atoms with Crippen molar-refractivity contribution in [2.45, 2.75) is 27.2 Å². The van der Waals surface area contributed by atoms with Crippen LogP contribution in [0, 0.1) is 13.8 Å². The Balaban J connectivity index is 1.50. The van der Waals surface area contributed by atoms with Crippen LogP contribution in [-0.4, -0.2) is 34.1 Å². The number of aromatic nitrogens is 2. The first-order chi connectivity index (χ1) is 13.9. The molecular formula is C22H22N4O2S. The molecular weight excluding hydrogens is 384 g/mol. The molecule has 1 aliphatic heterocycles. The lowest BCUT2D eigenvalue weighted by Crippen LogP contribution is -2.34. The smallest absolute Gasteiger partial charge is 0.246 e. The zero-order chi connectivity index (χ0) is 20.5. The largest absolute Gasteiger partial charge is 0.376 e. The molecule has 2 heterocycles. The summed E-state index contributed by atoms with van der Waals surface area (Å²) in [7, 11) is 0. The quantitative estimate of drug-likeness (QED) is 0.648. The lowest BCUT2D eigenvalue weighted by Gasteiger charge is -2.19. The van der Waals surface area contributed by atoms with Crippen molar-refractivity contribution in [3.05, 3.63) is 58.9 Å². The Kier molecular flexibility index (Phi) is 5.15. The Morgan fingerprint density at radius 3 is 2.76 bits per heavy atom. The minimum Gasteiger partial charge on any atom is -0.376 e. The second kappa shape index (κ2) is 7.75. The van der Waals surface area contributed by atoms with Gasteiger partial charge in [-0.3, -0.25) is 9.59 Å². The summed E-state index contributed by atoms with van der Waals surface area (Å²) in [4.78, 5) is 30.9. The minimum absolute atomic E-state index is 0.0129. The topological polar surface area (TPSA) is 75.2 Å². The van der Waals surface area contributed by atoms with E-state index in [0.29, 0.717) is 18.5 Å². The number of ketones is 1. The molecule has 0 saturated carbocycles. The van der Waals surface area contributed by atoms with E-state index >= 15 is 0 Å². The zero-order valence-corrected chi connectivity index (χ0v) is 17.5. The fourth-order valence-corrected chi connectivity index (χ4v) is 4.31. The van der Waals surface area contributed by atoms with Crippen LogP contribution < -0.4 is 10.2 Å². The molecule has 0 bridgehead atoms. The number of nitrogens with one attached hydrogen (secondary N) is 1. The molecule has 0 radical (unpaired) electrons. The molecule has 1 N–H and O–H groups in total. The van der Waals surface area contributed by atoms with Crippen molar-refractivity contribution >= 4 is 34.6 Å². The van der Waals surface area contributed by atoms with E-state index in [-0.39, 0.29) is 18.2 Å². The van der Waals surface area contributed by atoms with Crippen molar-refractivity contribution in [3.63, 3.8) is 0 Å². The van der Waals surface area contributed by atoms with Crippen LogP contribution in [0.4, 0.5) is 11.4 Å². The normalized spacial score (nSPS) is 12.7. The molecule has 0 spiro atoms. The summed E-state index contributed by atoms with van der Waals surface area (Å²) in [6.45, 7) is 6.23. The Morgan fingerprint density at radius 2 is 2.03 bits per heavy atom. The van der Waals surface area contributed by atoms with E-state index < -0.39 is 0 Å². The number of amides is 1. The maximum absolute atomic E-state index is 12.9. The molecule has 1 aromatic heterocycles. The summed E-state index contributed by atoms with van der Waals surface area (Å²) in [6.07, 6.45) is 0.710. The number of hydrogen-bond acceptors (Lipinski definition) is 6. The molecule has 0 unspecified atom stereocenters. The summed E-state index contributed by atoms with van der Waals surface area (Å²) in [5.41, 5.74) is 5.47. The van der Waals surface area contributed by atoms with Gasteiger partial charge in [0.15, 0.2) is 5.78 Å². The van der Waals surface area contributed by atoms with Gasteiger partial charge in [-0.15, -0.1) is 0 Å². The second-order valence-electron chi connectivity index (χ2n) is 7.18. The summed E-state index contributed by atoms with van der Waals surface area (Å²) >= 11 is 1.37. The first-order valence-electron chi connectivity index (χ1n) is 9.52. The number of rotatable bonds is 5. The minimum atomic E-state index is -0.0129. The SMILES string of the molecule is CC(=O)c1cccc2c1CCN2C(=O)CNc1cc(-c2nc(C)ns2)ccc1C. The van der Waals surface area contributed by atoms with Gasteiger partial charge in [0.05, 0.1) is 6.54 Å². The number of anilines is 2. The van der Waals surface area contributed by atoms with Crippen LogP contribution >= 0.6 is 11.5 Å². The van der Waals surface area contributed by atoms with Gasteiger partial charge in [-0.25, -0.2) is 4.98 Å². The first-order valence-corrected chi connectivity index (χ1v) is 10.3. The fraction of sp³-hybridized carbons (Fsp3) is 0.273. The van der Waals surface area contributed by atoms with Crippen LogP contribution in [0.25, 0.3) is 10.6 Å². The van der Waals surface area contributed by atoms with Gasteiger partial charge in [0.1, 0.15) is 10.8 Å². The van der Waals surface area contributed by atoms with Gasteiger partial charge in [-0.1, -0.05) is 24.3 Å². The maximum atomic E-state index is 12.9. The molecule has 2 aromatic carbocycles. The van der Waals surface area contributed by atoms with Crippen LogP contribution in [0.15, 0.2) is 36.4 Å². The molecule has 6 nitrogen and oxygen atoms in total. The van der Waals surface area contributed by atoms with E-state index in [1.54, 1.807) is 11.8 Å². The Morgan fingerprint density at radius 1 is 1.21 bits per heavy atom. The number of nitrogens with zero attached hydrogens (tertiary/aromatic N) is 3. The van der Waals surface area contributed by atoms with Gasteiger partial charge in [-0.2, -0.15) is 4.37 Å². The molecule has 0 saturated heterocycles.